The van der Waals surface area contributed by atoms with Gasteiger partial charge in [-0.1, -0.05) is 0 Å². The Bertz CT molecular complexity index is 484. The highest BCUT2D eigenvalue weighted by Crippen LogP contribution is 2.35. The number of nitro benzene ring substituents is 1. The molecule has 5 heteroatoms. The Morgan fingerprint density at radius 1 is 1.42 bits per heavy atom. The highest BCUT2D eigenvalue weighted by Gasteiger charge is 2.31. The molecule has 1 aromatic carbocycles. The second-order valence-electron chi connectivity index (χ2n) is 5.25. The van der Waals surface area contributed by atoms with E-state index in [-0.39, 0.29) is 10.6 Å². The largest absolute Gasteiger partial charge is 0.383 e. The van der Waals surface area contributed by atoms with Crippen LogP contribution in [0.2, 0.25) is 0 Å². The molecule has 0 radical (unpaired) electrons. The maximum absolute atomic E-state index is 10.9. The van der Waals surface area contributed by atoms with Crippen molar-refractivity contribution in [3.8, 4) is 0 Å². The third kappa shape index (κ3) is 3.23. The van der Waals surface area contributed by atoms with Crippen molar-refractivity contribution in [2.45, 2.75) is 32.7 Å². The Labute approximate surface area is 113 Å². The molecular weight excluding hydrogens is 244 g/mol. The molecule has 0 bridgehead atoms. The number of nitro groups is 1. The van der Waals surface area contributed by atoms with Gasteiger partial charge in [-0.15, -0.1) is 0 Å². The monoisotopic (exact) mass is 264 g/mol. The lowest BCUT2D eigenvalue weighted by molar-refractivity contribution is -0.385. The summed E-state index contributed by atoms with van der Waals surface area (Å²) in [6, 6.07) is 3.79. The van der Waals surface area contributed by atoms with Crippen molar-refractivity contribution in [1.29, 1.82) is 0 Å². The van der Waals surface area contributed by atoms with Crippen molar-refractivity contribution in [2.24, 2.45) is 5.92 Å². The smallest absolute Gasteiger partial charge is 0.272 e. The number of nitrogens with one attached hydrogen (secondary N) is 1. The summed E-state index contributed by atoms with van der Waals surface area (Å²) in [4.78, 5) is 10.6. The van der Waals surface area contributed by atoms with Gasteiger partial charge in [0.2, 0.25) is 0 Å². The van der Waals surface area contributed by atoms with Crippen LogP contribution in [0.3, 0.4) is 0 Å². The van der Waals surface area contributed by atoms with Gasteiger partial charge in [-0.05, 0) is 44.2 Å². The van der Waals surface area contributed by atoms with Crippen LogP contribution in [0.1, 0.15) is 24.0 Å². The van der Waals surface area contributed by atoms with Crippen molar-refractivity contribution >= 4 is 11.4 Å². The predicted molar refractivity (Wildman–Crippen MR) is 74.6 cm³/mol. The molecule has 1 unspecified atom stereocenters. The van der Waals surface area contributed by atoms with Gasteiger partial charge in [0.05, 0.1) is 17.6 Å². The highest BCUT2D eigenvalue weighted by atomic mass is 16.6. The van der Waals surface area contributed by atoms with Gasteiger partial charge in [-0.3, -0.25) is 10.1 Å². The topological polar surface area (TPSA) is 64.4 Å². The predicted octanol–water partition coefficient (Wildman–Crippen LogP) is 3.05. The maximum atomic E-state index is 10.9. The summed E-state index contributed by atoms with van der Waals surface area (Å²) in [7, 11) is 1.70. The third-order valence-corrected chi connectivity index (χ3v) is 3.62. The van der Waals surface area contributed by atoms with E-state index in [1.165, 1.54) is 12.8 Å². The lowest BCUT2D eigenvalue weighted by atomic mass is 10.1. The fourth-order valence-corrected chi connectivity index (χ4v) is 2.33. The van der Waals surface area contributed by atoms with Gasteiger partial charge in [0.1, 0.15) is 0 Å². The van der Waals surface area contributed by atoms with E-state index in [0.717, 1.165) is 11.3 Å². The molecule has 0 aliphatic heterocycles. The van der Waals surface area contributed by atoms with E-state index in [1.807, 2.05) is 13.0 Å². The van der Waals surface area contributed by atoms with Gasteiger partial charge in [-0.25, -0.2) is 0 Å². The van der Waals surface area contributed by atoms with E-state index >= 15 is 0 Å². The van der Waals surface area contributed by atoms with E-state index in [9.17, 15) is 10.1 Å². The summed E-state index contributed by atoms with van der Waals surface area (Å²) in [5.41, 5.74) is 2.74. The minimum atomic E-state index is -0.334. The van der Waals surface area contributed by atoms with Crippen LogP contribution >= 0.6 is 0 Å². The summed E-state index contributed by atoms with van der Waals surface area (Å²) < 4.78 is 5.24. The van der Waals surface area contributed by atoms with Crippen LogP contribution in [0.4, 0.5) is 11.4 Å². The van der Waals surface area contributed by atoms with E-state index in [2.05, 4.69) is 5.32 Å². The van der Waals surface area contributed by atoms with Gasteiger partial charge >= 0.3 is 0 Å². The Morgan fingerprint density at radius 3 is 2.63 bits per heavy atom. The summed E-state index contributed by atoms with van der Waals surface area (Å²) in [5.74, 6) is 0.662. The van der Waals surface area contributed by atoms with Crippen molar-refractivity contribution < 1.29 is 9.66 Å². The third-order valence-electron chi connectivity index (χ3n) is 3.62. The molecule has 5 nitrogen and oxygen atoms in total. The number of ether oxygens (including phenoxy) is 1. The number of nitrogens with zero attached hydrogens (tertiary/aromatic N) is 1. The van der Waals surface area contributed by atoms with E-state index in [1.54, 1.807) is 20.1 Å². The fraction of sp³-hybridized carbons (Fsp3) is 0.571. The number of hydrogen-bond acceptors (Lipinski definition) is 4. The highest BCUT2D eigenvalue weighted by molar-refractivity contribution is 5.59. The molecule has 0 saturated heterocycles. The number of anilines is 1. The lowest BCUT2D eigenvalue weighted by Crippen LogP contribution is -2.27. The first kappa shape index (κ1) is 13.8. The summed E-state index contributed by atoms with van der Waals surface area (Å²) in [6.45, 7) is 4.33. The van der Waals surface area contributed by atoms with Crippen LogP contribution in [-0.4, -0.2) is 24.7 Å². The van der Waals surface area contributed by atoms with Gasteiger partial charge in [0.25, 0.3) is 5.69 Å². The molecule has 1 aromatic rings. The molecule has 1 N–H and O–H groups in total. The molecule has 0 amide bonds. The number of rotatable bonds is 6. The van der Waals surface area contributed by atoms with Crippen molar-refractivity contribution in [2.75, 3.05) is 19.0 Å². The van der Waals surface area contributed by atoms with Crippen LogP contribution in [0.15, 0.2) is 12.1 Å². The number of benzene rings is 1. The molecule has 19 heavy (non-hydrogen) atoms. The lowest BCUT2D eigenvalue weighted by Gasteiger charge is -2.20. The molecule has 1 saturated carbocycles. The molecule has 1 fully saturated rings. The summed E-state index contributed by atoms with van der Waals surface area (Å²) in [5, 5.41) is 14.4. The van der Waals surface area contributed by atoms with Crippen molar-refractivity contribution in [3.05, 3.63) is 33.4 Å². The Kier molecular flexibility index (Phi) is 4.04. The molecule has 0 heterocycles. The minimum Gasteiger partial charge on any atom is -0.383 e. The van der Waals surface area contributed by atoms with Gasteiger partial charge in [0, 0.05) is 24.4 Å². The Morgan fingerprint density at radius 2 is 2.11 bits per heavy atom. The van der Waals surface area contributed by atoms with E-state index in [4.69, 9.17) is 4.74 Å². The van der Waals surface area contributed by atoms with Gasteiger partial charge in [-0.2, -0.15) is 0 Å². The first-order chi connectivity index (χ1) is 9.02. The second-order valence-corrected chi connectivity index (χ2v) is 5.25. The summed E-state index contributed by atoms with van der Waals surface area (Å²) >= 11 is 0. The average Bonchev–Trinajstić information content (AvgIpc) is 3.16. The standard InChI is InChI=1S/C14H20N2O3/c1-9-7-14(16(17)18)10(2)6-12(9)15-13(8-19-3)11-4-5-11/h6-7,11,13,15H,4-5,8H2,1-3H3. The van der Waals surface area contributed by atoms with Crippen LogP contribution in [0.25, 0.3) is 0 Å². The minimum absolute atomic E-state index is 0.178. The zero-order chi connectivity index (χ0) is 14.0. The van der Waals surface area contributed by atoms with E-state index < -0.39 is 0 Å². The van der Waals surface area contributed by atoms with Gasteiger partial charge in [0.15, 0.2) is 0 Å². The van der Waals surface area contributed by atoms with Gasteiger partial charge < -0.3 is 10.1 Å². The Balaban J connectivity index is 2.19. The first-order valence-electron chi connectivity index (χ1n) is 6.54. The number of methoxy groups -OCH3 is 1. The normalized spacial score (nSPS) is 16.2. The molecule has 1 atom stereocenters. The van der Waals surface area contributed by atoms with Crippen molar-refractivity contribution in [3.63, 3.8) is 0 Å². The first-order valence-corrected chi connectivity index (χ1v) is 6.54. The second kappa shape index (κ2) is 5.57. The molecule has 0 spiro atoms. The van der Waals surface area contributed by atoms with Crippen molar-refractivity contribution in [1.82, 2.24) is 0 Å². The number of aryl methyl sites for hydroxylation is 2. The molecule has 2 rings (SSSR count). The van der Waals surface area contributed by atoms with Crippen LogP contribution in [-0.2, 0) is 4.74 Å². The Hall–Kier alpha value is -1.62. The average molecular weight is 264 g/mol. The summed E-state index contributed by atoms with van der Waals surface area (Å²) in [6.07, 6.45) is 2.46. The van der Waals surface area contributed by atoms with Crippen LogP contribution < -0.4 is 5.32 Å². The molecule has 104 valence electrons. The van der Waals surface area contributed by atoms with Crippen LogP contribution in [0, 0.1) is 29.9 Å². The van der Waals surface area contributed by atoms with E-state index in [0.29, 0.717) is 24.1 Å². The molecular formula is C14H20N2O3. The zero-order valence-corrected chi connectivity index (χ0v) is 11.6. The zero-order valence-electron chi connectivity index (χ0n) is 11.6. The van der Waals surface area contributed by atoms with Crippen LogP contribution in [0.5, 0.6) is 0 Å². The SMILES string of the molecule is COCC(Nc1cc(C)c([N+](=O)[O-])cc1C)C1CC1. The molecule has 0 aromatic heterocycles. The fourth-order valence-electron chi connectivity index (χ4n) is 2.33. The number of hydrogen-bond donors (Lipinski definition) is 1. The maximum Gasteiger partial charge on any atom is 0.272 e. The molecule has 1 aliphatic rings. The molecule has 1 aliphatic carbocycles. The quantitative estimate of drug-likeness (QED) is 0.633.